The van der Waals surface area contributed by atoms with Crippen LogP contribution in [0.4, 0.5) is 0 Å². The van der Waals surface area contributed by atoms with Gasteiger partial charge in [-0.3, -0.25) is 4.79 Å². The van der Waals surface area contributed by atoms with Gasteiger partial charge in [0.1, 0.15) is 11.7 Å². The lowest BCUT2D eigenvalue weighted by Gasteiger charge is -2.28. The van der Waals surface area contributed by atoms with E-state index in [1.54, 1.807) is 13.1 Å². The Kier molecular flexibility index (Phi) is 3.91. The number of hydrogen-bond donors (Lipinski definition) is 1. The Bertz CT molecular complexity index is 428. The van der Waals surface area contributed by atoms with E-state index >= 15 is 0 Å². The van der Waals surface area contributed by atoms with E-state index in [2.05, 4.69) is 21.9 Å². The predicted molar refractivity (Wildman–Crippen MR) is 67.6 cm³/mol. The van der Waals surface area contributed by atoms with Gasteiger partial charge in [0.25, 0.3) is 0 Å². The second kappa shape index (κ2) is 5.44. The minimum Gasteiger partial charge on any atom is -0.481 e. The molecule has 1 aromatic heterocycles. The van der Waals surface area contributed by atoms with Gasteiger partial charge in [0.15, 0.2) is 0 Å². The summed E-state index contributed by atoms with van der Waals surface area (Å²) in [5.41, 5.74) is 0.987. The molecule has 0 saturated carbocycles. The first-order chi connectivity index (χ1) is 8.58. The van der Waals surface area contributed by atoms with Crippen molar-refractivity contribution in [3.8, 4) is 0 Å². The molecule has 1 aromatic rings. The van der Waals surface area contributed by atoms with Crippen LogP contribution in [0.1, 0.15) is 43.1 Å². The Balaban J connectivity index is 2.14. The highest BCUT2D eigenvalue weighted by Gasteiger charge is 2.22. The van der Waals surface area contributed by atoms with Gasteiger partial charge >= 0.3 is 5.97 Å². The van der Waals surface area contributed by atoms with Gasteiger partial charge in [0, 0.05) is 17.8 Å². The Morgan fingerprint density at radius 3 is 2.78 bits per heavy atom. The Labute approximate surface area is 107 Å². The maximum absolute atomic E-state index is 10.9. The van der Waals surface area contributed by atoms with E-state index in [0.29, 0.717) is 11.7 Å². The summed E-state index contributed by atoms with van der Waals surface area (Å²) in [6.45, 7) is 3.76. The number of hydrogen-bond acceptors (Lipinski definition) is 4. The Morgan fingerprint density at radius 1 is 1.50 bits per heavy atom. The van der Waals surface area contributed by atoms with Crippen molar-refractivity contribution in [1.82, 2.24) is 14.9 Å². The minimum atomic E-state index is -0.879. The van der Waals surface area contributed by atoms with Crippen LogP contribution in [-0.4, -0.2) is 46.1 Å². The lowest BCUT2D eigenvalue weighted by molar-refractivity contribution is -0.138. The van der Waals surface area contributed by atoms with Crippen molar-refractivity contribution in [2.24, 2.45) is 0 Å². The summed E-state index contributed by atoms with van der Waals surface area (Å²) >= 11 is 0. The first kappa shape index (κ1) is 13.0. The molecule has 0 radical (unpaired) electrons. The number of aromatic nitrogens is 2. The van der Waals surface area contributed by atoms with Gasteiger partial charge in [-0.1, -0.05) is 0 Å². The van der Waals surface area contributed by atoms with Gasteiger partial charge in [0.05, 0.1) is 0 Å². The molecule has 0 amide bonds. The van der Waals surface area contributed by atoms with Crippen molar-refractivity contribution >= 4 is 5.97 Å². The van der Waals surface area contributed by atoms with Gasteiger partial charge in [0.2, 0.25) is 0 Å². The Hall–Kier alpha value is -1.49. The average Bonchev–Trinajstić information content (AvgIpc) is 2.38. The van der Waals surface area contributed by atoms with Crippen molar-refractivity contribution in [1.29, 1.82) is 0 Å². The van der Waals surface area contributed by atoms with E-state index in [4.69, 9.17) is 5.11 Å². The zero-order valence-electron chi connectivity index (χ0n) is 10.8. The van der Waals surface area contributed by atoms with Crippen LogP contribution in [0, 0.1) is 0 Å². The first-order valence-electron chi connectivity index (χ1n) is 6.32. The molecule has 0 spiro atoms. The highest BCUT2D eigenvalue weighted by molar-refractivity contribution is 5.74. The fourth-order valence-electron chi connectivity index (χ4n) is 2.24. The van der Waals surface area contributed by atoms with Gasteiger partial charge in [-0.25, -0.2) is 9.97 Å². The SMILES string of the molecule is CC(C(=O)O)c1nccc(C2CCN(C)CC2)n1. The molecule has 0 bridgehead atoms. The fraction of sp³-hybridized carbons (Fsp3) is 0.615. The summed E-state index contributed by atoms with van der Waals surface area (Å²) in [5, 5.41) is 8.98. The topological polar surface area (TPSA) is 66.3 Å². The molecule has 5 heteroatoms. The van der Waals surface area contributed by atoms with E-state index in [9.17, 15) is 4.79 Å². The molecule has 0 aliphatic carbocycles. The van der Waals surface area contributed by atoms with Crippen molar-refractivity contribution in [2.75, 3.05) is 20.1 Å². The monoisotopic (exact) mass is 249 g/mol. The van der Waals surface area contributed by atoms with Crippen molar-refractivity contribution in [3.05, 3.63) is 23.8 Å². The highest BCUT2D eigenvalue weighted by Crippen LogP contribution is 2.26. The number of carbonyl (C=O) groups is 1. The van der Waals surface area contributed by atoms with E-state index in [0.717, 1.165) is 31.6 Å². The third-order valence-electron chi connectivity index (χ3n) is 3.59. The standard InChI is InChI=1S/C13H19N3O2/c1-9(13(17)18)12-14-6-3-11(15-12)10-4-7-16(2)8-5-10/h3,6,9-10H,4-5,7-8H2,1-2H3,(H,17,18). The normalized spacial score (nSPS) is 19.7. The average molecular weight is 249 g/mol. The quantitative estimate of drug-likeness (QED) is 0.878. The van der Waals surface area contributed by atoms with E-state index in [-0.39, 0.29) is 0 Å². The highest BCUT2D eigenvalue weighted by atomic mass is 16.4. The molecule has 1 atom stereocenters. The van der Waals surface area contributed by atoms with Crippen LogP contribution in [0.5, 0.6) is 0 Å². The van der Waals surface area contributed by atoms with Crippen LogP contribution < -0.4 is 0 Å². The van der Waals surface area contributed by atoms with Crippen molar-refractivity contribution in [2.45, 2.75) is 31.6 Å². The molecule has 2 heterocycles. The number of aliphatic carboxylic acids is 1. The van der Waals surface area contributed by atoms with Gasteiger partial charge < -0.3 is 10.0 Å². The number of likely N-dealkylation sites (tertiary alicyclic amines) is 1. The van der Waals surface area contributed by atoms with E-state index < -0.39 is 11.9 Å². The molecule has 1 N–H and O–H groups in total. The largest absolute Gasteiger partial charge is 0.481 e. The molecular weight excluding hydrogens is 230 g/mol. The maximum atomic E-state index is 10.9. The fourth-order valence-corrected chi connectivity index (χ4v) is 2.24. The second-order valence-corrected chi connectivity index (χ2v) is 4.98. The van der Waals surface area contributed by atoms with Gasteiger partial charge in [-0.05, 0) is 46.0 Å². The third-order valence-corrected chi connectivity index (χ3v) is 3.59. The van der Waals surface area contributed by atoms with Crippen LogP contribution in [0.15, 0.2) is 12.3 Å². The maximum Gasteiger partial charge on any atom is 0.313 e. The van der Waals surface area contributed by atoms with E-state index in [1.807, 2.05) is 6.07 Å². The number of rotatable bonds is 3. The molecule has 1 unspecified atom stereocenters. The second-order valence-electron chi connectivity index (χ2n) is 4.98. The minimum absolute atomic E-state index is 0.416. The number of piperidine rings is 1. The molecular formula is C13H19N3O2. The number of carboxylic acid groups (broad SMARTS) is 1. The lowest BCUT2D eigenvalue weighted by atomic mass is 9.93. The summed E-state index contributed by atoms with van der Waals surface area (Å²) in [5.74, 6) is -0.672. The van der Waals surface area contributed by atoms with Gasteiger partial charge in [-0.15, -0.1) is 0 Å². The summed E-state index contributed by atoms with van der Waals surface area (Å²) in [6.07, 6.45) is 3.83. The molecule has 98 valence electrons. The first-order valence-corrected chi connectivity index (χ1v) is 6.32. The zero-order valence-corrected chi connectivity index (χ0v) is 10.8. The molecule has 18 heavy (non-hydrogen) atoms. The number of nitrogens with zero attached hydrogens (tertiary/aromatic N) is 3. The van der Waals surface area contributed by atoms with Gasteiger partial charge in [-0.2, -0.15) is 0 Å². The molecule has 5 nitrogen and oxygen atoms in total. The molecule has 1 fully saturated rings. The van der Waals surface area contributed by atoms with Crippen LogP contribution in [0.2, 0.25) is 0 Å². The van der Waals surface area contributed by atoms with E-state index in [1.165, 1.54) is 0 Å². The summed E-state index contributed by atoms with van der Waals surface area (Å²) < 4.78 is 0. The van der Waals surface area contributed by atoms with Crippen molar-refractivity contribution in [3.63, 3.8) is 0 Å². The molecule has 1 aliphatic rings. The number of carboxylic acids is 1. The van der Waals surface area contributed by atoms with Crippen LogP contribution in [0.3, 0.4) is 0 Å². The molecule has 1 aliphatic heterocycles. The van der Waals surface area contributed by atoms with Crippen LogP contribution in [-0.2, 0) is 4.79 Å². The summed E-state index contributed by atoms with van der Waals surface area (Å²) in [4.78, 5) is 21.7. The smallest absolute Gasteiger partial charge is 0.313 e. The Morgan fingerprint density at radius 2 is 2.17 bits per heavy atom. The predicted octanol–water partition coefficient (Wildman–Crippen LogP) is 1.47. The van der Waals surface area contributed by atoms with Crippen molar-refractivity contribution < 1.29 is 9.90 Å². The molecule has 0 aromatic carbocycles. The third kappa shape index (κ3) is 2.85. The summed E-state index contributed by atoms with van der Waals surface area (Å²) in [6, 6.07) is 1.91. The molecule has 1 saturated heterocycles. The molecule has 2 rings (SSSR count). The van der Waals surface area contributed by atoms with Crippen LogP contribution in [0.25, 0.3) is 0 Å². The lowest BCUT2D eigenvalue weighted by Crippen LogP contribution is -2.29. The summed E-state index contributed by atoms with van der Waals surface area (Å²) in [7, 11) is 2.12. The van der Waals surface area contributed by atoms with Crippen LogP contribution >= 0.6 is 0 Å². The zero-order chi connectivity index (χ0) is 13.1.